The Balaban J connectivity index is 1.50. The Kier molecular flexibility index (Phi) is 4.56. The smallest absolute Gasteiger partial charge is 0.257 e. The van der Waals surface area contributed by atoms with Crippen molar-refractivity contribution >= 4 is 28.4 Å². The Bertz CT molecular complexity index is 1380. The molecule has 4 aromatic rings. The van der Waals surface area contributed by atoms with Gasteiger partial charge in [0.05, 0.1) is 37.2 Å². The van der Waals surface area contributed by atoms with E-state index < -0.39 is 24.2 Å². The molecule has 5 heterocycles. The summed E-state index contributed by atoms with van der Waals surface area (Å²) in [6.45, 7) is 0.661. The first-order valence-electron chi connectivity index (χ1n) is 10.8. The van der Waals surface area contributed by atoms with E-state index in [1.165, 1.54) is 6.20 Å². The zero-order chi connectivity index (χ0) is 22.7. The molecule has 33 heavy (non-hydrogen) atoms. The second-order valence-electron chi connectivity index (χ2n) is 8.40. The number of ether oxygens (including phenoxy) is 1. The van der Waals surface area contributed by atoms with Crippen LogP contribution in [0.25, 0.3) is 27.9 Å². The molecule has 0 unspecified atom stereocenters. The lowest BCUT2D eigenvalue weighted by Crippen LogP contribution is -2.27. The van der Waals surface area contributed by atoms with Crippen LogP contribution in [0.5, 0.6) is 0 Å². The van der Waals surface area contributed by atoms with E-state index in [2.05, 4.69) is 20.7 Å². The van der Waals surface area contributed by atoms with Crippen molar-refractivity contribution < 1.29 is 19.0 Å². The number of pyridine rings is 1. The van der Waals surface area contributed by atoms with E-state index in [0.29, 0.717) is 35.8 Å². The van der Waals surface area contributed by atoms with Gasteiger partial charge < -0.3 is 25.0 Å². The lowest BCUT2D eigenvalue weighted by Gasteiger charge is -2.15. The summed E-state index contributed by atoms with van der Waals surface area (Å²) in [6.07, 6.45) is 3.75. The minimum Gasteiger partial charge on any atom is -0.388 e. The number of amides is 1. The first kappa shape index (κ1) is 20.1. The number of hydrogen-bond donors (Lipinski definition) is 3. The van der Waals surface area contributed by atoms with E-state index >= 15 is 0 Å². The largest absolute Gasteiger partial charge is 0.388 e. The second-order valence-corrected chi connectivity index (χ2v) is 8.40. The van der Waals surface area contributed by atoms with Crippen molar-refractivity contribution in [3.8, 4) is 11.3 Å². The molecule has 0 bridgehead atoms. The van der Waals surface area contributed by atoms with E-state index in [1.807, 2.05) is 29.0 Å². The average Bonchev–Trinajstić information content (AvgIpc) is 3.21. The van der Waals surface area contributed by atoms with Crippen LogP contribution in [0.3, 0.4) is 0 Å². The van der Waals surface area contributed by atoms with Crippen molar-refractivity contribution in [2.75, 3.05) is 25.6 Å². The van der Waals surface area contributed by atoms with Gasteiger partial charge >= 0.3 is 0 Å². The van der Waals surface area contributed by atoms with Gasteiger partial charge in [0.25, 0.3) is 5.91 Å². The predicted molar refractivity (Wildman–Crippen MR) is 118 cm³/mol. The molecular weight excluding hydrogens is 429 g/mol. The summed E-state index contributed by atoms with van der Waals surface area (Å²) in [6, 6.07) is 4.92. The molecule has 0 aromatic carbocycles. The van der Waals surface area contributed by atoms with Crippen LogP contribution in [0.15, 0.2) is 36.8 Å². The molecule has 1 aliphatic heterocycles. The molecule has 170 valence electrons. The van der Waals surface area contributed by atoms with Gasteiger partial charge in [0.15, 0.2) is 5.65 Å². The fourth-order valence-electron chi connectivity index (χ4n) is 4.34. The summed E-state index contributed by atoms with van der Waals surface area (Å²) in [4.78, 5) is 22.0. The molecule has 6 rings (SSSR count). The number of anilines is 1. The number of alkyl halides is 1. The van der Waals surface area contributed by atoms with Gasteiger partial charge in [-0.2, -0.15) is 9.61 Å². The predicted octanol–water partition coefficient (Wildman–Crippen LogP) is 1.56. The van der Waals surface area contributed by atoms with Crippen LogP contribution in [0.1, 0.15) is 22.8 Å². The molecule has 1 aliphatic carbocycles. The van der Waals surface area contributed by atoms with E-state index in [9.17, 15) is 14.3 Å². The summed E-state index contributed by atoms with van der Waals surface area (Å²) in [5.41, 5.74) is 2.76. The highest BCUT2D eigenvalue weighted by Crippen LogP contribution is 2.34. The van der Waals surface area contributed by atoms with Crippen LogP contribution in [0.4, 0.5) is 10.2 Å². The zero-order valence-corrected chi connectivity index (χ0v) is 17.8. The van der Waals surface area contributed by atoms with Gasteiger partial charge in [-0.25, -0.2) is 14.4 Å². The summed E-state index contributed by atoms with van der Waals surface area (Å²) in [5.74, 6) is 0.232. The van der Waals surface area contributed by atoms with Gasteiger partial charge in [0, 0.05) is 42.9 Å². The quantitative estimate of drug-likeness (QED) is 0.421. The van der Waals surface area contributed by atoms with Crippen molar-refractivity contribution in [3.63, 3.8) is 0 Å². The number of aliphatic hydroxyl groups is 1. The Morgan fingerprint density at radius 2 is 2.18 bits per heavy atom. The molecule has 2 fully saturated rings. The maximum atomic E-state index is 13.3. The van der Waals surface area contributed by atoms with Crippen molar-refractivity contribution in [2.24, 2.45) is 0 Å². The van der Waals surface area contributed by atoms with Gasteiger partial charge in [0.2, 0.25) is 0 Å². The third-order valence-electron chi connectivity index (χ3n) is 6.25. The third-order valence-corrected chi connectivity index (χ3v) is 6.25. The monoisotopic (exact) mass is 451 g/mol. The van der Waals surface area contributed by atoms with Crippen LogP contribution in [-0.2, 0) is 4.74 Å². The van der Waals surface area contributed by atoms with E-state index in [0.717, 1.165) is 10.9 Å². The molecule has 11 heteroatoms. The molecule has 1 amide bonds. The molecule has 1 saturated carbocycles. The van der Waals surface area contributed by atoms with Crippen LogP contribution >= 0.6 is 0 Å². The lowest BCUT2D eigenvalue weighted by molar-refractivity contribution is 0.0949. The average molecular weight is 451 g/mol. The van der Waals surface area contributed by atoms with Crippen LogP contribution in [0, 0.1) is 0 Å². The molecule has 4 atom stereocenters. The number of hydrogen-bond acceptors (Lipinski definition) is 7. The third kappa shape index (κ3) is 3.23. The van der Waals surface area contributed by atoms with Gasteiger partial charge in [0.1, 0.15) is 29.3 Å². The van der Waals surface area contributed by atoms with Crippen LogP contribution in [-0.4, -0.2) is 73.7 Å². The molecule has 0 spiro atoms. The molecule has 3 N–H and O–H groups in total. The Labute approximate surface area is 187 Å². The van der Waals surface area contributed by atoms with Crippen molar-refractivity contribution in [1.82, 2.24) is 29.5 Å². The molecule has 2 aliphatic rings. The fourth-order valence-corrected chi connectivity index (χ4v) is 4.34. The van der Waals surface area contributed by atoms with Crippen LogP contribution < -0.4 is 10.6 Å². The maximum absolute atomic E-state index is 13.3. The highest BCUT2D eigenvalue weighted by molar-refractivity contribution is 6.01. The summed E-state index contributed by atoms with van der Waals surface area (Å²) >= 11 is 0. The summed E-state index contributed by atoms with van der Waals surface area (Å²) in [7, 11) is 1.76. The first-order chi connectivity index (χ1) is 16.0. The highest BCUT2D eigenvalue weighted by Gasteiger charge is 2.39. The number of carbonyl (C=O) groups excluding carboxylic acids is 1. The number of nitrogens with one attached hydrogen (secondary N) is 2. The Morgan fingerprint density at radius 3 is 2.91 bits per heavy atom. The van der Waals surface area contributed by atoms with Gasteiger partial charge in [-0.15, -0.1) is 0 Å². The lowest BCUT2D eigenvalue weighted by atomic mass is 10.1. The number of aromatic nitrogens is 5. The number of fused-ring (bicyclic) bond motifs is 2. The van der Waals surface area contributed by atoms with Gasteiger partial charge in [-0.3, -0.25) is 4.79 Å². The van der Waals surface area contributed by atoms with Crippen molar-refractivity contribution in [1.29, 1.82) is 0 Å². The number of nitrogens with zero attached hydrogens (tertiary/aromatic N) is 5. The SMILES string of the molecule is CNc1cc(-c2cn([C@H]3COC[C@@H]3O)c3ncccc23)nc2c(C(=O)N[C@@H]3C[C@@H]3F)cnn12. The Hall–Kier alpha value is -3.57. The molecule has 1 saturated heterocycles. The second kappa shape index (κ2) is 7.49. The Morgan fingerprint density at radius 1 is 1.33 bits per heavy atom. The number of rotatable bonds is 5. The minimum atomic E-state index is -0.999. The number of aliphatic hydroxyl groups excluding tert-OH is 1. The molecule has 10 nitrogen and oxygen atoms in total. The molecular formula is C22H22FN7O3. The zero-order valence-electron chi connectivity index (χ0n) is 17.8. The molecule has 0 radical (unpaired) electrons. The molecule has 4 aromatic heterocycles. The van der Waals surface area contributed by atoms with E-state index in [1.54, 1.807) is 17.8 Å². The topological polar surface area (TPSA) is 119 Å². The first-order valence-corrected chi connectivity index (χ1v) is 10.8. The fraction of sp³-hybridized carbons (Fsp3) is 0.364. The van der Waals surface area contributed by atoms with Gasteiger partial charge in [-0.05, 0) is 12.1 Å². The minimum absolute atomic E-state index is 0.257. The standard InChI is InChI=1S/C22H22FN7O3/c1-24-19-6-15(27-21-12(7-26-30(19)21)22(32)28-16-5-14(16)23)13-8-29(17-9-33-10-18(17)31)20-11(13)3-2-4-25-20/h2-4,6-8,14,16-18,24,31H,5,9-10H2,1H3,(H,28,32)/t14-,16+,17-,18-/m0/s1. The van der Waals surface area contributed by atoms with E-state index in [-0.39, 0.29) is 18.2 Å². The van der Waals surface area contributed by atoms with Gasteiger partial charge in [-0.1, -0.05) is 0 Å². The van der Waals surface area contributed by atoms with E-state index in [4.69, 9.17) is 9.72 Å². The summed E-state index contributed by atoms with van der Waals surface area (Å²) < 4.78 is 22.2. The van der Waals surface area contributed by atoms with Crippen LogP contribution in [0.2, 0.25) is 0 Å². The normalized spacial score (nSPS) is 24.5. The highest BCUT2D eigenvalue weighted by atomic mass is 19.1. The number of carbonyl (C=O) groups is 1. The number of halogens is 1. The maximum Gasteiger partial charge on any atom is 0.257 e. The summed E-state index contributed by atoms with van der Waals surface area (Å²) in [5, 5.41) is 21.3. The van der Waals surface area contributed by atoms with Crippen molar-refractivity contribution in [3.05, 3.63) is 42.4 Å². The van der Waals surface area contributed by atoms with Crippen molar-refractivity contribution in [2.45, 2.75) is 30.8 Å².